The Labute approximate surface area is 281 Å². The zero-order valence-electron chi connectivity index (χ0n) is 25.0. The molecule has 0 aromatic heterocycles. The molecule has 4 aromatic carbocycles. The molecule has 1 N–H and O–H groups in total. The number of carbonyl (C=O) groups excluding carboxylic acids is 4. The summed E-state index contributed by atoms with van der Waals surface area (Å²) in [6.45, 7) is 1.35. The molecule has 1 amide bonds. The topological polar surface area (TPSA) is 170 Å². The molecule has 0 radical (unpaired) electrons. The fourth-order valence-corrected chi connectivity index (χ4v) is 5.02. The van der Waals surface area contributed by atoms with Crippen LogP contribution >= 0.6 is 11.6 Å². The Morgan fingerprint density at radius 3 is 1.77 bits per heavy atom. The van der Waals surface area contributed by atoms with E-state index in [-0.39, 0.29) is 41.8 Å². The van der Waals surface area contributed by atoms with Crippen LogP contribution < -0.4 is 10.2 Å². The van der Waals surface area contributed by atoms with Crippen molar-refractivity contribution >= 4 is 57.1 Å². The molecule has 6 rings (SSSR count). The highest BCUT2D eigenvalue weighted by atomic mass is 35.5. The highest BCUT2D eigenvalue weighted by Gasteiger charge is 2.26. The van der Waals surface area contributed by atoms with Gasteiger partial charge in [0, 0.05) is 78.1 Å². The molecule has 0 saturated heterocycles. The number of fused-ring (bicyclic) bond motifs is 2. The van der Waals surface area contributed by atoms with Crippen LogP contribution in [0.5, 0.6) is 0 Å². The summed E-state index contributed by atoms with van der Waals surface area (Å²) in [4.78, 5) is 68.2. The predicted octanol–water partition coefficient (Wildman–Crippen LogP) is 7.90. The minimum atomic E-state index is -0.620. The van der Waals surface area contributed by atoms with Crippen molar-refractivity contribution in [1.82, 2.24) is 0 Å². The molecule has 2 heterocycles. The minimum absolute atomic E-state index is 0. The molecule has 0 fully saturated rings. The quantitative estimate of drug-likeness (QED) is 0.129. The maximum atomic E-state index is 12.7. The van der Waals surface area contributed by atoms with E-state index in [4.69, 9.17) is 11.6 Å². The van der Waals surface area contributed by atoms with Crippen molar-refractivity contribution in [3.05, 3.63) is 140 Å². The molecule has 13 heteroatoms. The van der Waals surface area contributed by atoms with Gasteiger partial charge in [0.1, 0.15) is 0 Å². The number of amides is 1. The van der Waals surface area contributed by atoms with E-state index < -0.39 is 15.1 Å². The summed E-state index contributed by atoms with van der Waals surface area (Å²) >= 11 is 5.13. The summed E-state index contributed by atoms with van der Waals surface area (Å²) in [5, 5.41) is 23.5. The monoisotopic (exact) mass is 672 g/mol. The lowest BCUT2D eigenvalue weighted by atomic mass is 10.1. The third-order valence-corrected chi connectivity index (χ3v) is 7.50. The van der Waals surface area contributed by atoms with Crippen molar-refractivity contribution in [2.24, 2.45) is 0 Å². The van der Waals surface area contributed by atoms with Crippen molar-refractivity contribution in [2.45, 2.75) is 33.1 Å². The highest BCUT2D eigenvalue weighted by Crippen LogP contribution is 2.28. The Kier molecular flexibility index (Phi) is 13.2. The van der Waals surface area contributed by atoms with Crippen LogP contribution in [0.3, 0.4) is 0 Å². The van der Waals surface area contributed by atoms with Gasteiger partial charge in [-0.2, -0.15) is 0 Å². The Balaban J connectivity index is 0.000000212. The zero-order chi connectivity index (χ0) is 33.9. The van der Waals surface area contributed by atoms with E-state index >= 15 is 0 Å². The minimum Gasteiger partial charge on any atom is -0.384 e. The van der Waals surface area contributed by atoms with Gasteiger partial charge in [-0.05, 0) is 73.0 Å². The van der Waals surface area contributed by atoms with Gasteiger partial charge in [0.15, 0.2) is 11.6 Å². The smallest absolute Gasteiger partial charge is 0.269 e. The first-order valence-electron chi connectivity index (χ1n) is 14.6. The van der Waals surface area contributed by atoms with Crippen LogP contribution in [0.15, 0.2) is 97.1 Å². The summed E-state index contributed by atoms with van der Waals surface area (Å²) in [6.07, 6.45) is 2.60. The number of carbonyl (C=O) groups is 4. The van der Waals surface area contributed by atoms with Gasteiger partial charge in [0.05, 0.1) is 15.5 Å². The Bertz CT molecular complexity index is 1780. The molecule has 4 aromatic rings. The maximum absolute atomic E-state index is 12.7. The van der Waals surface area contributed by atoms with Crippen LogP contribution in [-0.2, 0) is 0 Å². The lowest BCUT2D eigenvalue weighted by Crippen LogP contribution is -2.31. The van der Waals surface area contributed by atoms with E-state index in [1.807, 2.05) is 24.3 Å². The second kappa shape index (κ2) is 17.2. The fourth-order valence-electron chi connectivity index (χ4n) is 4.89. The molecule has 0 aliphatic carbocycles. The number of halogens is 1. The highest BCUT2D eigenvalue weighted by molar-refractivity contribution is 6.67. The van der Waals surface area contributed by atoms with E-state index in [0.717, 1.165) is 24.2 Å². The van der Waals surface area contributed by atoms with Crippen molar-refractivity contribution in [3.8, 4) is 0 Å². The number of non-ortho nitro benzene ring substituents is 2. The molecule has 0 saturated carbocycles. The average molecular weight is 673 g/mol. The number of rotatable bonds is 4. The summed E-state index contributed by atoms with van der Waals surface area (Å²) in [5.74, 6) is 0.0252. The second-order valence-electron chi connectivity index (χ2n) is 10.4. The molecular formula is C35H33ClN4O8. The summed E-state index contributed by atoms with van der Waals surface area (Å²) in [6, 6.07) is 25.3. The molecule has 2 aliphatic heterocycles. The number of benzene rings is 4. The van der Waals surface area contributed by atoms with Gasteiger partial charge in [-0.1, -0.05) is 31.7 Å². The first kappa shape index (κ1) is 36.7. The molecule has 48 heavy (non-hydrogen) atoms. The van der Waals surface area contributed by atoms with Crippen LogP contribution in [0.2, 0.25) is 0 Å². The second-order valence-corrected chi connectivity index (χ2v) is 10.7. The van der Waals surface area contributed by atoms with E-state index in [2.05, 4.69) is 5.32 Å². The molecule has 2 aliphatic rings. The third-order valence-electron chi connectivity index (χ3n) is 7.28. The first-order valence-corrected chi connectivity index (χ1v) is 14.9. The number of ketones is 2. The number of nitrogens with one attached hydrogen (secondary N) is 1. The SMILES string of the molecule is C.O=C(Cl)c1ccc([N+](=O)[O-])cc1.O=C1CCCN(C(=O)c2ccc([N+](=O)[O-])cc2)c2ccccc21.O=C1CCCNc2ccccc21. The summed E-state index contributed by atoms with van der Waals surface area (Å²) in [7, 11) is 0. The first-order chi connectivity index (χ1) is 22.6. The molecule has 0 unspecified atom stereocenters. The van der Waals surface area contributed by atoms with E-state index in [1.54, 1.807) is 29.2 Å². The Morgan fingerprint density at radius 1 is 0.688 bits per heavy atom. The lowest BCUT2D eigenvalue weighted by molar-refractivity contribution is -0.385. The maximum Gasteiger partial charge on any atom is 0.269 e. The van der Waals surface area contributed by atoms with Crippen LogP contribution in [0.1, 0.15) is 74.5 Å². The van der Waals surface area contributed by atoms with Crippen LogP contribution in [0.25, 0.3) is 0 Å². The lowest BCUT2D eigenvalue weighted by Gasteiger charge is -2.22. The van der Waals surface area contributed by atoms with E-state index in [1.165, 1.54) is 48.5 Å². The number of para-hydroxylation sites is 2. The van der Waals surface area contributed by atoms with Gasteiger partial charge in [-0.3, -0.25) is 39.4 Å². The predicted molar refractivity (Wildman–Crippen MR) is 183 cm³/mol. The fraction of sp³-hybridized carbons (Fsp3) is 0.200. The Hall–Kier alpha value is -5.75. The standard InChI is InChI=1S/C17H14N2O4.C10H11NO.C7H4ClNO3.CH4/c20-16-6-3-11-18(15-5-2-1-4-14(15)16)17(21)12-7-9-13(10-8-12)19(22)23;12-10-6-3-7-11-9-5-2-1-4-8(9)10;8-7(10)5-1-3-6(4-2-5)9(11)12;/h1-2,4-5,7-10H,3,6,11H2;1-2,4-5,11H,3,6-7H2;1-4H;1H4. The molecule has 0 atom stereocenters. The molecule has 0 spiro atoms. The zero-order valence-corrected chi connectivity index (χ0v) is 25.7. The van der Waals surface area contributed by atoms with Gasteiger partial charge in [-0.25, -0.2) is 0 Å². The van der Waals surface area contributed by atoms with Gasteiger partial charge in [0.2, 0.25) is 0 Å². The molecular weight excluding hydrogens is 640 g/mol. The van der Waals surface area contributed by atoms with Gasteiger partial charge in [0.25, 0.3) is 22.5 Å². The van der Waals surface area contributed by atoms with Crippen LogP contribution in [0.4, 0.5) is 22.7 Å². The van der Waals surface area contributed by atoms with Crippen LogP contribution in [0, 0.1) is 20.2 Å². The van der Waals surface area contributed by atoms with Gasteiger partial charge >= 0.3 is 0 Å². The average Bonchev–Trinajstić information content (AvgIpc) is 3.38. The van der Waals surface area contributed by atoms with Crippen molar-refractivity contribution < 1.29 is 29.0 Å². The summed E-state index contributed by atoms with van der Waals surface area (Å²) in [5.41, 5.74) is 3.46. The summed E-state index contributed by atoms with van der Waals surface area (Å²) < 4.78 is 0. The third kappa shape index (κ3) is 9.39. The van der Waals surface area contributed by atoms with E-state index in [9.17, 15) is 39.4 Å². The number of anilines is 2. The normalized spacial score (nSPS) is 13.1. The number of hydrogen-bond acceptors (Lipinski definition) is 9. The Morgan fingerprint density at radius 2 is 1.19 bits per heavy atom. The number of Topliss-reactive ketones (excluding diaryl/α,β-unsaturated/α-hetero) is 2. The largest absolute Gasteiger partial charge is 0.384 e. The molecule has 0 bridgehead atoms. The van der Waals surface area contributed by atoms with Crippen molar-refractivity contribution in [3.63, 3.8) is 0 Å². The van der Waals surface area contributed by atoms with Gasteiger partial charge < -0.3 is 10.2 Å². The van der Waals surface area contributed by atoms with Gasteiger partial charge in [-0.15, -0.1) is 0 Å². The molecule has 12 nitrogen and oxygen atoms in total. The van der Waals surface area contributed by atoms with Crippen molar-refractivity contribution in [2.75, 3.05) is 23.3 Å². The van der Waals surface area contributed by atoms with Crippen LogP contribution in [-0.4, -0.2) is 45.7 Å². The van der Waals surface area contributed by atoms with Crippen molar-refractivity contribution in [1.29, 1.82) is 0 Å². The van der Waals surface area contributed by atoms with E-state index in [0.29, 0.717) is 42.6 Å². The number of hydrogen-bond donors (Lipinski definition) is 1. The number of nitro groups is 2. The molecule has 248 valence electrons. The number of nitrogens with zero attached hydrogens (tertiary/aromatic N) is 3. The number of nitro benzene ring substituents is 2.